The minimum Gasteiger partial charge on any atom is -0.357 e. The summed E-state index contributed by atoms with van der Waals surface area (Å²) in [5, 5.41) is 11.1. The maximum atomic E-state index is 12.2. The minimum absolute atomic E-state index is 0. The Labute approximate surface area is 185 Å². The van der Waals surface area contributed by atoms with Gasteiger partial charge >= 0.3 is 0 Å². The Morgan fingerprint density at radius 3 is 2.63 bits per heavy atom. The lowest BCUT2D eigenvalue weighted by molar-refractivity contribution is 0.306. The lowest BCUT2D eigenvalue weighted by Gasteiger charge is -2.32. The van der Waals surface area contributed by atoms with Crippen LogP contribution in [-0.2, 0) is 10.0 Å². The molecule has 0 aromatic carbocycles. The number of piperidine rings is 1. The number of rotatable bonds is 8. The average molecular weight is 529 g/mol. The molecule has 1 saturated heterocycles. The van der Waals surface area contributed by atoms with Gasteiger partial charge in [0.2, 0.25) is 10.0 Å². The van der Waals surface area contributed by atoms with Crippen molar-refractivity contribution in [1.82, 2.24) is 14.9 Å². The minimum atomic E-state index is -3.08. The highest BCUT2D eigenvalue weighted by molar-refractivity contribution is 14.0. The summed E-state index contributed by atoms with van der Waals surface area (Å²) in [6.45, 7) is 8.86. The van der Waals surface area contributed by atoms with Crippen LogP contribution in [0.5, 0.6) is 0 Å². The molecule has 1 aromatic rings. The zero-order valence-corrected chi connectivity index (χ0v) is 20.4. The lowest BCUT2D eigenvalue weighted by atomic mass is 10.1. The highest BCUT2D eigenvalue weighted by atomic mass is 127. The molecule has 2 heterocycles. The molecule has 9 heteroatoms. The second-order valence-electron chi connectivity index (χ2n) is 6.81. The summed E-state index contributed by atoms with van der Waals surface area (Å²) in [6, 6.07) is 2.41. The van der Waals surface area contributed by atoms with Gasteiger partial charge < -0.3 is 10.6 Å². The SMILES string of the molecule is CCCS(=O)(=O)N1CCC(NC(=NCC(C)c2ccsc2)NCC)CC1.I. The van der Waals surface area contributed by atoms with Gasteiger partial charge in [-0.2, -0.15) is 11.3 Å². The number of halogens is 1. The van der Waals surface area contributed by atoms with Crippen LogP contribution in [0, 0.1) is 0 Å². The third-order valence-corrected chi connectivity index (χ3v) is 7.41. The Balaban J connectivity index is 0.00000364. The van der Waals surface area contributed by atoms with E-state index in [4.69, 9.17) is 4.99 Å². The van der Waals surface area contributed by atoms with Crippen molar-refractivity contribution in [3.63, 3.8) is 0 Å². The first-order valence-electron chi connectivity index (χ1n) is 9.51. The molecule has 0 spiro atoms. The van der Waals surface area contributed by atoms with Crippen molar-refractivity contribution in [2.75, 3.05) is 31.9 Å². The number of hydrogen-bond donors (Lipinski definition) is 2. The molecular weight excluding hydrogens is 495 g/mol. The van der Waals surface area contributed by atoms with E-state index >= 15 is 0 Å². The van der Waals surface area contributed by atoms with E-state index in [-0.39, 0.29) is 35.8 Å². The lowest BCUT2D eigenvalue weighted by Crippen LogP contribution is -2.50. The van der Waals surface area contributed by atoms with Crippen LogP contribution in [0.25, 0.3) is 0 Å². The van der Waals surface area contributed by atoms with Crippen LogP contribution in [0.2, 0.25) is 0 Å². The summed E-state index contributed by atoms with van der Waals surface area (Å²) < 4.78 is 26.0. The number of thiophene rings is 1. The molecule has 0 amide bonds. The summed E-state index contributed by atoms with van der Waals surface area (Å²) in [5.41, 5.74) is 1.32. The fraction of sp³-hybridized carbons (Fsp3) is 0.722. The van der Waals surface area contributed by atoms with Gasteiger partial charge in [0.15, 0.2) is 5.96 Å². The molecule has 27 heavy (non-hydrogen) atoms. The third kappa shape index (κ3) is 7.86. The molecule has 0 bridgehead atoms. The number of nitrogens with zero attached hydrogens (tertiary/aromatic N) is 2. The quantitative estimate of drug-likeness (QED) is 0.309. The van der Waals surface area contributed by atoms with Gasteiger partial charge in [-0.05, 0) is 48.6 Å². The van der Waals surface area contributed by atoms with Crippen molar-refractivity contribution >= 4 is 51.3 Å². The van der Waals surface area contributed by atoms with Crippen LogP contribution in [-0.4, -0.2) is 56.7 Å². The van der Waals surface area contributed by atoms with Gasteiger partial charge in [-0.15, -0.1) is 24.0 Å². The monoisotopic (exact) mass is 528 g/mol. The molecule has 1 aliphatic rings. The van der Waals surface area contributed by atoms with E-state index in [1.165, 1.54) is 5.56 Å². The Hall–Kier alpha value is -0.390. The van der Waals surface area contributed by atoms with Crippen LogP contribution in [0.15, 0.2) is 21.8 Å². The molecule has 1 atom stereocenters. The van der Waals surface area contributed by atoms with Crippen LogP contribution in [0.3, 0.4) is 0 Å². The first-order chi connectivity index (χ1) is 12.5. The molecule has 1 fully saturated rings. The molecule has 1 aliphatic heterocycles. The van der Waals surface area contributed by atoms with Crippen LogP contribution in [0.1, 0.15) is 51.5 Å². The smallest absolute Gasteiger partial charge is 0.214 e. The summed E-state index contributed by atoms with van der Waals surface area (Å²) in [6.07, 6.45) is 2.29. The average Bonchev–Trinajstić information content (AvgIpc) is 3.15. The van der Waals surface area contributed by atoms with E-state index in [1.807, 2.05) is 6.92 Å². The molecule has 156 valence electrons. The second-order valence-corrected chi connectivity index (χ2v) is 9.68. The van der Waals surface area contributed by atoms with Crippen molar-refractivity contribution in [2.45, 2.75) is 52.0 Å². The number of sulfonamides is 1. The van der Waals surface area contributed by atoms with Crippen molar-refractivity contribution in [2.24, 2.45) is 4.99 Å². The molecule has 1 aromatic heterocycles. The van der Waals surface area contributed by atoms with E-state index < -0.39 is 10.0 Å². The maximum absolute atomic E-state index is 12.2. The Bertz CT molecular complexity index is 657. The Kier molecular flexibility index (Phi) is 11.2. The predicted octanol–water partition coefficient (Wildman–Crippen LogP) is 3.23. The van der Waals surface area contributed by atoms with Crippen molar-refractivity contribution in [3.8, 4) is 0 Å². The van der Waals surface area contributed by atoms with E-state index in [0.717, 1.165) is 31.9 Å². The predicted molar refractivity (Wildman–Crippen MR) is 126 cm³/mol. The molecule has 6 nitrogen and oxygen atoms in total. The molecular formula is C18H33IN4O2S2. The maximum Gasteiger partial charge on any atom is 0.214 e. The highest BCUT2D eigenvalue weighted by Gasteiger charge is 2.27. The number of hydrogen-bond acceptors (Lipinski definition) is 4. The molecule has 1 unspecified atom stereocenters. The molecule has 2 rings (SSSR count). The standard InChI is InChI=1S/C18H32N4O2S2.HI/c1-4-12-26(23,24)22-9-6-17(7-10-22)21-18(19-5-2)20-13-15(3)16-8-11-25-14-16;/h8,11,14-15,17H,4-7,9-10,12-13H2,1-3H3,(H2,19,20,21);1H. The highest BCUT2D eigenvalue weighted by Crippen LogP contribution is 2.18. The second kappa shape index (κ2) is 12.2. The first-order valence-corrected chi connectivity index (χ1v) is 12.1. The van der Waals surface area contributed by atoms with Gasteiger partial charge in [0, 0.05) is 38.1 Å². The first kappa shape index (κ1) is 24.6. The van der Waals surface area contributed by atoms with E-state index in [1.54, 1.807) is 15.6 Å². The number of guanidine groups is 1. The summed E-state index contributed by atoms with van der Waals surface area (Å²) in [5.74, 6) is 1.46. The molecule has 0 radical (unpaired) electrons. The summed E-state index contributed by atoms with van der Waals surface area (Å²) in [7, 11) is -3.08. The fourth-order valence-electron chi connectivity index (χ4n) is 3.07. The van der Waals surface area contributed by atoms with Crippen LogP contribution < -0.4 is 10.6 Å². The van der Waals surface area contributed by atoms with Crippen molar-refractivity contribution < 1.29 is 8.42 Å². The molecule has 0 aliphatic carbocycles. The topological polar surface area (TPSA) is 73.8 Å². The van der Waals surface area contributed by atoms with Gasteiger partial charge in [-0.25, -0.2) is 12.7 Å². The number of aliphatic imine (C=N–C) groups is 1. The van der Waals surface area contributed by atoms with Gasteiger partial charge in [-0.1, -0.05) is 13.8 Å². The largest absolute Gasteiger partial charge is 0.357 e. The normalized spacial score (nSPS) is 18.0. The van der Waals surface area contributed by atoms with E-state index in [9.17, 15) is 8.42 Å². The molecule has 0 saturated carbocycles. The van der Waals surface area contributed by atoms with Crippen molar-refractivity contribution in [1.29, 1.82) is 0 Å². The van der Waals surface area contributed by atoms with Gasteiger partial charge in [0.1, 0.15) is 0 Å². The van der Waals surface area contributed by atoms with Crippen molar-refractivity contribution in [3.05, 3.63) is 22.4 Å². The number of nitrogens with one attached hydrogen (secondary N) is 2. The Morgan fingerprint density at radius 2 is 2.07 bits per heavy atom. The fourth-order valence-corrected chi connectivity index (χ4v) is 5.39. The van der Waals surface area contributed by atoms with Crippen LogP contribution in [0.4, 0.5) is 0 Å². The zero-order chi connectivity index (χ0) is 19.0. The van der Waals surface area contributed by atoms with E-state index in [0.29, 0.717) is 25.4 Å². The van der Waals surface area contributed by atoms with Gasteiger partial charge in [0.25, 0.3) is 0 Å². The van der Waals surface area contributed by atoms with Crippen LogP contribution >= 0.6 is 35.3 Å². The summed E-state index contributed by atoms with van der Waals surface area (Å²) in [4.78, 5) is 4.73. The Morgan fingerprint density at radius 1 is 1.37 bits per heavy atom. The summed E-state index contributed by atoms with van der Waals surface area (Å²) >= 11 is 1.71. The van der Waals surface area contributed by atoms with Gasteiger partial charge in [-0.3, -0.25) is 4.99 Å². The molecule has 2 N–H and O–H groups in total. The van der Waals surface area contributed by atoms with E-state index in [2.05, 4.69) is 41.3 Å². The third-order valence-electron chi connectivity index (χ3n) is 4.63. The van der Waals surface area contributed by atoms with Gasteiger partial charge in [0.05, 0.1) is 5.75 Å². The zero-order valence-electron chi connectivity index (χ0n) is 16.5.